The van der Waals surface area contributed by atoms with Crippen molar-refractivity contribution in [3.8, 4) is 0 Å². The average molecular weight is 405 g/mol. The highest BCUT2D eigenvalue weighted by atomic mass is 79.9. The van der Waals surface area contributed by atoms with Crippen LogP contribution in [0.2, 0.25) is 5.28 Å². The van der Waals surface area contributed by atoms with Crippen molar-refractivity contribution >= 4 is 44.3 Å². The fourth-order valence-corrected chi connectivity index (χ4v) is 3.70. The van der Waals surface area contributed by atoms with Crippen LogP contribution in [-0.2, 0) is 4.74 Å². The Morgan fingerprint density at radius 1 is 1.43 bits per heavy atom. The van der Waals surface area contributed by atoms with E-state index in [1.54, 1.807) is 6.92 Å². The maximum atomic E-state index is 14.2. The van der Waals surface area contributed by atoms with Gasteiger partial charge >= 0.3 is 0 Å². The molecule has 3 atom stereocenters. The van der Waals surface area contributed by atoms with Gasteiger partial charge in [0.15, 0.2) is 0 Å². The number of halogens is 4. The summed E-state index contributed by atoms with van der Waals surface area (Å²) in [5.41, 5.74) is 1.20. The van der Waals surface area contributed by atoms with Crippen LogP contribution >= 0.6 is 27.5 Å². The lowest BCUT2D eigenvalue weighted by atomic mass is 10.1. The summed E-state index contributed by atoms with van der Waals surface area (Å²) in [7, 11) is 0. The number of benzene rings is 1. The third-order valence-corrected chi connectivity index (χ3v) is 5.66. The minimum Gasteiger partial charge on any atom is -0.379 e. The van der Waals surface area contributed by atoms with Gasteiger partial charge in [-0.3, -0.25) is 0 Å². The molecule has 122 valence electrons. The average Bonchev–Trinajstić information content (AvgIpc) is 3.21. The van der Waals surface area contributed by atoms with Crippen LogP contribution in [0.5, 0.6) is 0 Å². The number of aromatic nitrogens is 2. The molecule has 1 saturated heterocycles. The first-order valence-corrected chi connectivity index (χ1v) is 8.46. The number of anilines is 1. The highest BCUT2D eigenvalue weighted by molar-refractivity contribution is 9.10. The van der Waals surface area contributed by atoms with Gasteiger partial charge in [-0.1, -0.05) is 0 Å². The summed E-state index contributed by atoms with van der Waals surface area (Å²) < 4.78 is 34.0. The summed E-state index contributed by atoms with van der Waals surface area (Å²) in [5.74, 6) is -0.102. The molecule has 1 aliphatic heterocycles. The lowest BCUT2D eigenvalue weighted by Crippen LogP contribution is -2.31. The zero-order valence-electron chi connectivity index (χ0n) is 12.2. The monoisotopic (exact) mass is 403 g/mol. The standard InChI is InChI=1S/C15H13BrClF2N3O/c1-6-10(16)9(18)4-7-12(6)20-15(17)21-14(7)22-2-3-23-5-8-11(19)13(8)22/h4,8,11,13H,2-3,5H2,1H3/t8?,11-,13-/m0/s1. The molecule has 2 aliphatic rings. The molecule has 8 heteroatoms. The van der Waals surface area contributed by atoms with E-state index in [0.717, 1.165) is 0 Å². The Morgan fingerprint density at radius 2 is 2.22 bits per heavy atom. The Bertz CT molecular complexity index is 806. The van der Waals surface area contributed by atoms with E-state index < -0.39 is 12.0 Å². The number of aryl methyl sites for hydroxylation is 1. The molecule has 2 fully saturated rings. The first kappa shape index (κ1) is 15.5. The molecule has 0 spiro atoms. The van der Waals surface area contributed by atoms with Gasteiger partial charge in [0.25, 0.3) is 0 Å². The number of rotatable bonds is 1. The zero-order valence-corrected chi connectivity index (χ0v) is 14.5. The molecule has 1 aromatic carbocycles. The van der Waals surface area contributed by atoms with Gasteiger partial charge in [-0.25, -0.2) is 13.8 Å². The van der Waals surface area contributed by atoms with Crippen LogP contribution in [0, 0.1) is 18.7 Å². The molecule has 1 aliphatic carbocycles. The zero-order chi connectivity index (χ0) is 16.3. The molecular formula is C15H13BrClF2N3O. The van der Waals surface area contributed by atoms with Crippen LogP contribution < -0.4 is 4.90 Å². The molecule has 0 bridgehead atoms. The summed E-state index contributed by atoms with van der Waals surface area (Å²) >= 11 is 9.28. The SMILES string of the molecule is Cc1c(Br)c(F)cc2c(N3CCOCC4[C@H](F)[C@H]43)nc(Cl)nc12. The number of alkyl halides is 1. The molecule has 23 heavy (non-hydrogen) atoms. The van der Waals surface area contributed by atoms with Crippen molar-refractivity contribution < 1.29 is 13.5 Å². The molecule has 0 radical (unpaired) electrons. The minimum atomic E-state index is -0.958. The fraction of sp³-hybridized carbons (Fsp3) is 0.467. The van der Waals surface area contributed by atoms with Crippen molar-refractivity contribution in [2.24, 2.45) is 5.92 Å². The smallest absolute Gasteiger partial charge is 0.224 e. The Balaban J connectivity index is 1.92. The first-order valence-electron chi connectivity index (χ1n) is 7.29. The van der Waals surface area contributed by atoms with Gasteiger partial charge < -0.3 is 9.64 Å². The van der Waals surface area contributed by atoms with Crippen LogP contribution in [0.3, 0.4) is 0 Å². The molecule has 0 N–H and O–H groups in total. The summed E-state index contributed by atoms with van der Waals surface area (Å²) in [6.45, 7) is 3.12. The number of hydrogen-bond acceptors (Lipinski definition) is 4. The number of hydrogen-bond donors (Lipinski definition) is 0. The second kappa shape index (κ2) is 5.50. The van der Waals surface area contributed by atoms with Crippen molar-refractivity contribution in [1.29, 1.82) is 0 Å². The van der Waals surface area contributed by atoms with Crippen LogP contribution in [0.15, 0.2) is 10.5 Å². The third kappa shape index (κ3) is 2.40. The molecule has 0 amide bonds. The van der Waals surface area contributed by atoms with Crippen molar-refractivity contribution in [1.82, 2.24) is 9.97 Å². The van der Waals surface area contributed by atoms with Gasteiger partial charge in [-0.05, 0) is 46.1 Å². The summed E-state index contributed by atoms with van der Waals surface area (Å²) in [6.07, 6.45) is -0.958. The maximum absolute atomic E-state index is 14.2. The van der Waals surface area contributed by atoms with Crippen LogP contribution in [0.25, 0.3) is 10.9 Å². The van der Waals surface area contributed by atoms with E-state index in [0.29, 0.717) is 46.5 Å². The highest BCUT2D eigenvalue weighted by Gasteiger charge is 2.56. The van der Waals surface area contributed by atoms with E-state index in [1.807, 2.05) is 4.90 Å². The van der Waals surface area contributed by atoms with Crippen molar-refractivity contribution in [3.05, 3.63) is 27.2 Å². The number of ether oxygens (including phenoxy) is 1. The van der Waals surface area contributed by atoms with E-state index in [-0.39, 0.29) is 17.2 Å². The Kier molecular flexibility index (Phi) is 3.70. The predicted molar refractivity (Wildman–Crippen MR) is 87.3 cm³/mol. The summed E-state index contributed by atoms with van der Waals surface area (Å²) in [6, 6.07) is 1.08. The lowest BCUT2D eigenvalue weighted by molar-refractivity contribution is 0.131. The van der Waals surface area contributed by atoms with E-state index >= 15 is 0 Å². The lowest BCUT2D eigenvalue weighted by Gasteiger charge is -2.24. The molecular weight excluding hydrogens is 392 g/mol. The van der Waals surface area contributed by atoms with Crippen LogP contribution in [-0.4, -0.2) is 41.9 Å². The minimum absolute atomic E-state index is 0.0619. The van der Waals surface area contributed by atoms with Gasteiger partial charge in [-0.15, -0.1) is 0 Å². The van der Waals surface area contributed by atoms with E-state index in [4.69, 9.17) is 16.3 Å². The molecule has 1 aromatic heterocycles. The molecule has 1 unspecified atom stereocenters. The normalized spacial score (nSPS) is 27.0. The van der Waals surface area contributed by atoms with Gasteiger partial charge in [0.2, 0.25) is 5.28 Å². The van der Waals surface area contributed by atoms with E-state index in [1.165, 1.54) is 6.07 Å². The fourth-order valence-electron chi connectivity index (χ4n) is 3.23. The van der Waals surface area contributed by atoms with E-state index in [9.17, 15) is 8.78 Å². The van der Waals surface area contributed by atoms with E-state index in [2.05, 4.69) is 25.9 Å². The largest absolute Gasteiger partial charge is 0.379 e. The number of fused-ring (bicyclic) bond motifs is 2. The van der Waals surface area contributed by atoms with Gasteiger partial charge in [0.1, 0.15) is 17.8 Å². The molecule has 1 saturated carbocycles. The second-order valence-corrected chi connectivity index (χ2v) is 7.01. The van der Waals surface area contributed by atoms with Gasteiger partial charge in [-0.2, -0.15) is 4.98 Å². The van der Waals surface area contributed by atoms with Crippen LogP contribution in [0.1, 0.15) is 5.56 Å². The van der Waals surface area contributed by atoms with Crippen molar-refractivity contribution in [3.63, 3.8) is 0 Å². The summed E-state index contributed by atoms with van der Waals surface area (Å²) in [5, 5.41) is 0.597. The molecule has 2 heterocycles. The Hall–Kier alpha value is -1.05. The first-order chi connectivity index (χ1) is 11.0. The Morgan fingerprint density at radius 3 is 3.00 bits per heavy atom. The van der Waals surface area contributed by atoms with Crippen molar-refractivity contribution in [2.45, 2.75) is 19.1 Å². The van der Waals surface area contributed by atoms with Gasteiger partial charge in [0.05, 0.1) is 29.2 Å². The number of nitrogens with zero attached hydrogens (tertiary/aromatic N) is 3. The topological polar surface area (TPSA) is 38.2 Å². The summed E-state index contributed by atoms with van der Waals surface area (Å²) in [4.78, 5) is 10.3. The molecule has 2 aromatic rings. The van der Waals surface area contributed by atoms with Crippen molar-refractivity contribution in [2.75, 3.05) is 24.7 Å². The molecule has 4 rings (SSSR count). The second-order valence-electron chi connectivity index (χ2n) is 5.88. The predicted octanol–water partition coefficient (Wildman–Crippen LogP) is 3.67. The third-order valence-electron chi connectivity index (χ3n) is 4.52. The quantitative estimate of drug-likeness (QED) is 0.680. The highest BCUT2D eigenvalue weighted by Crippen LogP contribution is 2.44. The molecule has 4 nitrogen and oxygen atoms in total. The van der Waals surface area contributed by atoms with Gasteiger partial charge in [0, 0.05) is 17.8 Å². The Labute approximate surface area is 144 Å². The van der Waals surface area contributed by atoms with Crippen LogP contribution in [0.4, 0.5) is 14.6 Å². The maximum Gasteiger partial charge on any atom is 0.224 e.